The molecule has 0 heterocycles. The van der Waals surface area contributed by atoms with Crippen LogP contribution in [-0.4, -0.2) is 42.1 Å². The van der Waals surface area contributed by atoms with E-state index in [-0.39, 0.29) is 17.9 Å². The number of carbonyl (C=O) groups is 4. The average molecular weight is 542 g/mol. The molecule has 0 fully saturated rings. The first kappa shape index (κ1) is 31.5. The van der Waals surface area contributed by atoms with Crippen LogP contribution >= 0.6 is 0 Å². The number of ether oxygens (including phenoxy) is 4. The molecule has 0 unspecified atom stereocenters. The van der Waals surface area contributed by atoms with Crippen molar-refractivity contribution in [1.82, 2.24) is 0 Å². The summed E-state index contributed by atoms with van der Waals surface area (Å²) in [5.74, 6) is -2.12. The maximum atomic E-state index is 12.7. The third kappa shape index (κ3) is 9.51. The van der Waals surface area contributed by atoms with Gasteiger partial charge in [0.2, 0.25) is 0 Å². The Hall–Kier alpha value is -3.72. The van der Waals surface area contributed by atoms with Gasteiger partial charge in [-0.1, -0.05) is 24.3 Å². The van der Waals surface area contributed by atoms with Gasteiger partial charge in [0, 0.05) is 0 Å². The lowest BCUT2D eigenvalue weighted by Gasteiger charge is -2.23. The van der Waals surface area contributed by atoms with Gasteiger partial charge in [0.05, 0.1) is 16.4 Å². The largest absolute Gasteiger partial charge is 0.458 e. The molecule has 39 heavy (non-hydrogen) atoms. The highest BCUT2D eigenvalue weighted by Crippen LogP contribution is 2.33. The Balaban J connectivity index is 2.11. The van der Waals surface area contributed by atoms with E-state index in [1.54, 1.807) is 91.8 Å². The first-order valence-corrected chi connectivity index (χ1v) is 12.8. The molecule has 9 nitrogen and oxygen atoms in total. The van der Waals surface area contributed by atoms with Gasteiger partial charge in [-0.3, -0.25) is 14.4 Å². The van der Waals surface area contributed by atoms with Crippen LogP contribution in [0, 0.1) is 10.8 Å². The SMILES string of the molecule is C[C@H](OC(=O)c1ccccc1)[C@H](C)OC(=O)[C@@H](N)Cc1ccc(OC(=O)C(C)(C)C)c(OC(=O)C(C)(C)C)c1. The Labute approximate surface area is 229 Å². The molecule has 2 rings (SSSR count). The molecule has 2 aromatic rings. The Kier molecular flexibility index (Phi) is 10.4. The molecule has 9 heteroatoms. The van der Waals surface area contributed by atoms with Crippen LogP contribution in [0.3, 0.4) is 0 Å². The van der Waals surface area contributed by atoms with Crippen molar-refractivity contribution >= 4 is 23.9 Å². The minimum absolute atomic E-state index is 0.0420. The van der Waals surface area contributed by atoms with Crippen LogP contribution in [0.1, 0.15) is 71.3 Å². The summed E-state index contributed by atoms with van der Waals surface area (Å²) in [6.45, 7) is 13.5. The van der Waals surface area contributed by atoms with Crippen LogP contribution in [-0.2, 0) is 30.3 Å². The molecule has 0 saturated carbocycles. The fourth-order valence-electron chi connectivity index (χ4n) is 2.96. The monoisotopic (exact) mass is 541 g/mol. The van der Waals surface area contributed by atoms with Crippen molar-refractivity contribution in [2.45, 2.75) is 80.1 Å². The lowest BCUT2D eigenvalue weighted by molar-refractivity contribution is -0.155. The van der Waals surface area contributed by atoms with Crippen molar-refractivity contribution in [1.29, 1.82) is 0 Å². The van der Waals surface area contributed by atoms with Gasteiger partial charge < -0.3 is 24.7 Å². The predicted octanol–water partition coefficient (Wildman–Crippen LogP) is 4.64. The first-order chi connectivity index (χ1) is 18.0. The van der Waals surface area contributed by atoms with Gasteiger partial charge in [0.15, 0.2) is 11.5 Å². The zero-order chi connectivity index (χ0) is 29.5. The number of esters is 4. The zero-order valence-corrected chi connectivity index (χ0v) is 23.9. The molecule has 0 aromatic heterocycles. The lowest BCUT2D eigenvalue weighted by atomic mass is 9.97. The average Bonchev–Trinajstić information content (AvgIpc) is 2.84. The molecule has 212 valence electrons. The van der Waals surface area contributed by atoms with Crippen molar-refractivity contribution in [3.8, 4) is 11.5 Å². The lowest BCUT2D eigenvalue weighted by Crippen LogP contribution is -2.39. The second-order valence-electron chi connectivity index (χ2n) is 11.5. The highest BCUT2D eigenvalue weighted by molar-refractivity contribution is 5.89. The highest BCUT2D eigenvalue weighted by Gasteiger charge is 2.29. The van der Waals surface area contributed by atoms with E-state index in [0.29, 0.717) is 11.1 Å². The molecule has 0 aliphatic carbocycles. The minimum atomic E-state index is -1.06. The van der Waals surface area contributed by atoms with Crippen molar-refractivity contribution in [2.24, 2.45) is 16.6 Å². The molecule has 0 aliphatic heterocycles. The second kappa shape index (κ2) is 12.9. The van der Waals surface area contributed by atoms with E-state index in [0.717, 1.165) is 0 Å². The predicted molar refractivity (Wildman–Crippen MR) is 145 cm³/mol. The van der Waals surface area contributed by atoms with Gasteiger partial charge in [-0.05, 0) is 91.6 Å². The summed E-state index contributed by atoms with van der Waals surface area (Å²) >= 11 is 0. The summed E-state index contributed by atoms with van der Waals surface area (Å²) in [6.07, 6.45) is -1.41. The van der Waals surface area contributed by atoms with Gasteiger partial charge in [-0.15, -0.1) is 0 Å². The molecule has 0 amide bonds. The Morgan fingerprint density at radius 1 is 0.744 bits per heavy atom. The normalized spacial score (nSPS) is 14.0. The van der Waals surface area contributed by atoms with E-state index in [1.165, 1.54) is 12.1 Å². The van der Waals surface area contributed by atoms with Crippen molar-refractivity contribution in [3.05, 3.63) is 59.7 Å². The van der Waals surface area contributed by atoms with Crippen molar-refractivity contribution in [3.63, 3.8) is 0 Å². The van der Waals surface area contributed by atoms with Gasteiger partial charge in [0.25, 0.3) is 0 Å². The van der Waals surface area contributed by atoms with Gasteiger partial charge in [-0.25, -0.2) is 4.79 Å². The van der Waals surface area contributed by atoms with Gasteiger partial charge in [-0.2, -0.15) is 0 Å². The molecule has 3 atom stereocenters. The maximum absolute atomic E-state index is 12.7. The van der Waals surface area contributed by atoms with E-state index >= 15 is 0 Å². The topological polar surface area (TPSA) is 131 Å². The second-order valence-corrected chi connectivity index (χ2v) is 11.5. The number of nitrogens with two attached hydrogens (primary N) is 1. The van der Waals surface area contributed by atoms with Crippen LogP contribution in [0.5, 0.6) is 11.5 Å². The maximum Gasteiger partial charge on any atom is 0.338 e. The first-order valence-electron chi connectivity index (χ1n) is 12.8. The molecule has 0 aliphatic rings. The third-order valence-electron chi connectivity index (χ3n) is 5.66. The standard InChI is InChI=1S/C30H39NO8/c1-18(36-25(32)21-12-10-9-11-13-21)19(2)37-26(33)22(31)16-20-14-15-23(38-27(34)29(3,4)5)24(17-20)39-28(35)30(6,7)8/h9-15,17-19,22H,16,31H2,1-8H3/t18-,19-,22-/m0/s1. The molecule has 2 N–H and O–H groups in total. The number of rotatable bonds is 9. The summed E-state index contributed by atoms with van der Waals surface area (Å²) in [4.78, 5) is 50.0. The van der Waals surface area contributed by atoms with Gasteiger partial charge in [0.1, 0.15) is 18.2 Å². The molecular formula is C30H39NO8. The quantitative estimate of drug-likeness (QED) is 0.356. The number of benzene rings is 2. The molecule has 0 bridgehead atoms. The summed E-state index contributed by atoms with van der Waals surface area (Å²) in [7, 11) is 0. The Morgan fingerprint density at radius 2 is 1.26 bits per heavy atom. The molecule has 0 radical (unpaired) electrons. The molecule has 0 spiro atoms. The Morgan fingerprint density at radius 3 is 1.79 bits per heavy atom. The van der Waals surface area contributed by atoms with Crippen LogP contribution in [0.25, 0.3) is 0 Å². The fourth-order valence-corrected chi connectivity index (χ4v) is 2.96. The van der Waals surface area contributed by atoms with E-state index in [1.807, 2.05) is 0 Å². The van der Waals surface area contributed by atoms with Crippen LogP contribution in [0.4, 0.5) is 0 Å². The third-order valence-corrected chi connectivity index (χ3v) is 5.66. The van der Waals surface area contributed by atoms with E-state index < -0.39 is 53.0 Å². The van der Waals surface area contributed by atoms with Crippen LogP contribution < -0.4 is 15.2 Å². The van der Waals surface area contributed by atoms with Crippen LogP contribution in [0.2, 0.25) is 0 Å². The number of hydrogen-bond acceptors (Lipinski definition) is 9. The summed E-state index contributed by atoms with van der Waals surface area (Å²) < 4.78 is 21.9. The molecule has 0 saturated heterocycles. The summed E-state index contributed by atoms with van der Waals surface area (Å²) in [6, 6.07) is 12.1. The minimum Gasteiger partial charge on any atom is -0.458 e. The summed E-state index contributed by atoms with van der Waals surface area (Å²) in [5, 5.41) is 0. The zero-order valence-electron chi connectivity index (χ0n) is 23.9. The summed E-state index contributed by atoms with van der Waals surface area (Å²) in [5.41, 5.74) is 5.47. The smallest absolute Gasteiger partial charge is 0.338 e. The van der Waals surface area contributed by atoms with E-state index in [9.17, 15) is 19.2 Å². The Bertz CT molecular complexity index is 1180. The number of carbonyl (C=O) groups excluding carboxylic acids is 4. The van der Waals surface area contributed by atoms with E-state index in [4.69, 9.17) is 24.7 Å². The highest BCUT2D eigenvalue weighted by atomic mass is 16.6. The molecule has 2 aromatic carbocycles. The number of hydrogen-bond donors (Lipinski definition) is 1. The van der Waals surface area contributed by atoms with Crippen molar-refractivity contribution in [2.75, 3.05) is 0 Å². The van der Waals surface area contributed by atoms with Gasteiger partial charge >= 0.3 is 23.9 Å². The fraction of sp³-hybridized carbons (Fsp3) is 0.467. The van der Waals surface area contributed by atoms with E-state index in [2.05, 4.69) is 0 Å². The van der Waals surface area contributed by atoms with Crippen molar-refractivity contribution < 1.29 is 38.1 Å². The van der Waals surface area contributed by atoms with Crippen LogP contribution in [0.15, 0.2) is 48.5 Å². The molecular weight excluding hydrogens is 502 g/mol.